The number of hydrogen-bond acceptors (Lipinski definition) is 6. The minimum atomic E-state index is -4.60. The Hall–Kier alpha value is -3.10. The number of carbonyl (C=O) groups excluding carboxylic acids is 1. The average Bonchev–Trinajstić information content (AvgIpc) is 3.64. The van der Waals surface area contributed by atoms with Crippen molar-refractivity contribution in [2.75, 3.05) is 40.9 Å². The summed E-state index contributed by atoms with van der Waals surface area (Å²) >= 11 is 0. The predicted molar refractivity (Wildman–Crippen MR) is 385 cm³/mol. The Morgan fingerprint density at radius 2 is 0.693 bits per heavy atom. The number of phosphoric ester groups is 1. The lowest BCUT2D eigenvalue weighted by atomic mass is 10.0. The first-order valence-electron chi connectivity index (χ1n) is 36.9. The molecular formula is C79H141N2O6P. The number of nitrogens with zero attached hydrogens (tertiary/aromatic N) is 1. The first-order chi connectivity index (χ1) is 43.0. The molecule has 0 aromatic carbocycles. The Balaban J connectivity index is 4.13. The Bertz CT molecular complexity index is 1850. The Morgan fingerprint density at radius 3 is 1.01 bits per heavy atom. The maximum atomic E-state index is 13.1. The predicted octanol–water partition coefficient (Wildman–Crippen LogP) is 23.4. The van der Waals surface area contributed by atoms with Crippen molar-refractivity contribution in [3.8, 4) is 0 Å². The lowest BCUT2D eigenvalue weighted by molar-refractivity contribution is -0.870. The van der Waals surface area contributed by atoms with Crippen molar-refractivity contribution in [2.24, 2.45) is 0 Å². The summed E-state index contributed by atoms with van der Waals surface area (Å²) in [5, 5.41) is 14.1. The van der Waals surface area contributed by atoms with Crippen molar-refractivity contribution in [1.82, 2.24) is 5.32 Å². The number of aliphatic hydroxyl groups excluding tert-OH is 1. The van der Waals surface area contributed by atoms with E-state index in [2.05, 4.69) is 141 Å². The highest BCUT2D eigenvalue weighted by atomic mass is 31.2. The van der Waals surface area contributed by atoms with Gasteiger partial charge in [-0.2, -0.15) is 0 Å². The number of amides is 1. The molecule has 3 unspecified atom stereocenters. The van der Waals surface area contributed by atoms with Crippen LogP contribution in [0.1, 0.15) is 322 Å². The number of allylic oxidation sites excluding steroid dienone is 20. The van der Waals surface area contributed by atoms with Gasteiger partial charge in [0.15, 0.2) is 0 Å². The monoisotopic (exact) mass is 1250 g/mol. The van der Waals surface area contributed by atoms with Crippen molar-refractivity contribution < 1.29 is 32.9 Å². The number of phosphoric acid groups is 1. The van der Waals surface area contributed by atoms with Crippen LogP contribution in [0.4, 0.5) is 0 Å². The summed E-state index contributed by atoms with van der Waals surface area (Å²) in [6, 6.07) is -0.826. The molecule has 0 aromatic rings. The van der Waals surface area contributed by atoms with Crippen LogP contribution in [0, 0.1) is 0 Å². The van der Waals surface area contributed by atoms with Crippen LogP contribution in [0.15, 0.2) is 122 Å². The van der Waals surface area contributed by atoms with E-state index < -0.39 is 20.0 Å². The van der Waals surface area contributed by atoms with Crippen LogP contribution < -0.4 is 10.2 Å². The van der Waals surface area contributed by atoms with Gasteiger partial charge in [-0.15, -0.1) is 0 Å². The zero-order chi connectivity index (χ0) is 64.1. The molecule has 0 aliphatic rings. The quantitative estimate of drug-likeness (QED) is 0.0272. The third kappa shape index (κ3) is 70.4. The van der Waals surface area contributed by atoms with E-state index in [4.69, 9.17) is 9.05 Å². The van der Waals surface area contributed by atoms with E-state index in [9.17, 15) is 19.4 Å². The Kier molecular flexibility index (Phi) is 65.9. The van der Waals surface area contributed by atoms with Crippen molar-refractivity contribution in [3.05, 3.63) is 122 Å². The lowest BCUT2D eigenvalue weighted by Gasteiger charge is -2.30. The van der Waals surface area contributed by atoms with Gasteiger partial charge in [0.05, 0.1) is 39.9 Å². The van der Waals surface area contributed by atoms with Crippen molar-refractivity contribution in [2.45, 2.75) is 334 Å². The van der Waals surface area contributed by atoms with Gasteiger partial charge < -0.3 is 28.8 Å². The van der Waals surface area contributed by atoms with Gasteiger partial charge >= 0.3 is 0 Å². The van der Waals surface area contributed by atoms with E-state index in [0.717, 1.165) is 116 Å². The van der Waals surface area contributed by atoms with Gasteiger partial charge in [-0.05, 0) is 89.9 Å². The topological polar surface area (TPSA) is 108 Å². The second-order valence-corrected chi connectivity index (χ2v) is 27.3. The molecule has 3 atom stereocenters. The summed E-state index contributed by atoms with van der Waals surface area (Å²) in [4.78, 5) is 25.7. The number of hydrogen-bond donors (Lipinski definition) is 2. The fourth-order valence-electron chi connectivity index (χ4n) is 10.5. The van der Waals surface area contributed by atoms with E-state index in [0.29, 0.717) is 23.9 Å². The third-order valence-corrected chi connectivity index (χ3v) is 17.2. The number of nitrogens with one attached hydrogen (secondary N) is 1. The van der Waals surface area contributed by atoms with E-state index in [-0.39, 0.29) is 19.1 Å². The first-order valence-corrected chi connectivity index (χ1v) is 38.3. The molecule has 88 heavy (non-hydrogen) atoms. The fraction of sp³-hybridized carbons (Fsp3) is 0.734. The maximum absolute atomic E-state index is 13.1. The molecular weight excluding hydrogens is 1100 g/mol. The number of unbranched alkanes of at least 4 members (excludes halogenated alkanes) is 34. The van der Waals surface area contributed by atoms with Gasteiger partial charge in [0, 0.05) is 6.42 Å². The molecule has 0 heterocycles. The van der Waals surface area contributed by atoms with Crippen LogP contribution in [-0.4, -0.2) is 68.5 Å². The molecule has 2 N–H and O–H groups in total. The second-order valence-electron chi connectivity index (χ2n) is 25.9. The summed E-state index contributed by atoms with van der Waals surface area (Å²) in [6.07, 6.45) is 101. The second kappa shape index (κ2) is 68.3. The number of carbonyl (C=O) groups is 1. The molecule has 1 amide bonds. The minimum absolute atomic E-state index is 0.000980. The lowest BCUT2D eigenvalue weighted by Crippen LogP contribution is -2.46. The van der Waals surface area contributed by atoms with Gasteiger partial charge in [0.25, 0.3) is 7.82 Å². The number of likely N-dealkylation sites (N-methyl/N-ethyl adjacent to an activating group) is 1. The highest BCUT2D eigenvalue weighted by molar-refractivity contribution is 7.45. The Morgan fingerprint density at radius 1 is 0.409 bits per heavy atom. The first kappa shape index (κ1) is 84.9. The molecule has 0 aliphatic carbocycles. The van der Waals surface area contributed by atoms with Crippen LogP contribution in [0.5, 0.6) is 0 Å². The van der Waals surface area contributed by atoms with Crippen LogP contribution in [-0.2, 0) is 18.4 Å². The van der Waals surface area contributed by atoms with Gasteiger partial charge in [0.2, 0.25) is 5.91 Å². The van der Waals surface area contributed by atoms with Gasteiger partial charge in [-0.3, -0.25) is 9.36 Å². The molecule has 0 fully saturated rings. The summed E-state index contributed by atoms with van der Waals surface area (Å²) in [5.74, 6) is -0.190. The summed E-state index contributed by atoms with van der Waals surface area (Å²) < 4.78 is 23.5. The molecule has 0 saturated heterocycles. The Labute approximate surface area is 545 Å². The minimum Gasteiger partial charge on any atom is -0.756 e. The van der Waals surface area contributed by atoms with Crippen LogP contribution in [0.3, 0.4) is 0 Å². The molecule has 0 bridgehead atoms. The molecule has 9 heteroatoms. The smallest absolute Gasteiger partial charge is 0.268 e. The standard InChI is InChI=1S/C79H141N2O6P/c1-6-8-10-12-14-16-18-20-22-24-26-28-30-32-34-36-38-39-40-41-43-45-47-49-51-53-55-57-59-61-63-65-67-69-71-73-79(83)80-77(76-87-88(84,85)86-75-74-81(3,4)5)78(82)72-70-68-66-64-62-60-58-56-54-52-50-48-46-44-42-37-35-33-31-29-27-25-23-21-19-17-15-13-11-9-7-2/h8,10,14,16,20,22,26,28,32,34,38-39,41,43,47,49,53,55,59,61,77-78,82H,6-7,9,11-13,15,17-19,21,23-25,27,29-31,33,35-37,40,42,44-46,48,50-52,54,56-58,60,62-76H2,1-5H3,(H-,80,83,84,85)/b10-8-,16-14-,22-20-,28-26-,34-32-,39-38-,43-41-,49-47-,55-53-,61-59-. The van der Waals surface area contributed by atoms with Gasteiger partial charge in [-0.25, -0.2) is 0 Å². The van der Waals surface area contributed by atoms with E-state index in [1.807, 2.05) is 21.1 Å². The normalized spacial score (nSPS) is 14.3. The van der Waals surface area contributed by atoms with Crippen LogP contribution in [0.25, 0.3) is 0 Å². The van der Waals surface area contributed by atoms with E-state index in [1.165, 1.54) is 180 Å². The molecule has 8 nitrogen and oxygen atoms in total. The van der Waals surface area contributed by atoms with Gasteiger partial charge in [0.1, 0.15) is 13.2 Å². The molecule has 0 radical (unpaired) electrons. The van der Waals surface area contributed by atoms with Crippen molar-refractivity contribution in [3.63, 3.8) is 0 Å². The molecule has 0 aromatic heterocycles. The van der Waals surface area contributed by atoms with Crippen molar-refractivity contribution >= 4 is 13.7 Å². The molecule has 0 aliphatic heterocycles. The third-order valence-electron chi connectivity index (χ3n) is 16.2. The SMILES string of the molecule is CC/C=C\C/C=C\C/C=C\C/C=C\C/C=C\C/C=C\C/C=C\C/C=C\C/C=C\C/C=C\CCCCCCC(=O)NC(COP(=O)([O-])OCC[N+](C)(C)C)C(O)CCCCCCCCCCCCCCCCCCCCCCCCCCCCCCCCC. The molecule has 0 rings (SSSR count). The number of aliphatic hydroxyl groups is 1. The molecule has 508 valence electrons. The zero-order valence-electron chi connectivity index (χ0n) is 58.1. The maximum Gasteiger partial charge on any atom is 0.268 e. The van der Waals surface area contributed by atoms with Gasteiger partial charge in [-0.1, -0.05) is 347 Å². The number of rotatable bonds is 67. The molecule has 0 spiro atoms. The summed E-state index contributed by atoms with van der Waals surface area (Å²) in [7, 11) is 1.28. The van der Waals surface area contributed by atoms with Crippen LogP contribution in [0.2, 0.25) is 0 Å². The number of quaternary nitrogens is 1. The van der Waals surface area contributed by atoms with E-state index in [1.54, 1.807) is 0 Å². The average molecular weight is 1250 g/mol. The summed E-state index contributed by atoms with van der Waals surface area (Å²) in [5.41, 5.74) is 0. The van der Waals surface area contributed by atoms with Crippen LogP contribution >= 0.6 is 7.82 Å². The molecule has 0 saturated carbocycles. The van der Waals surface area contributed by atoms with Crippen molar-refractivity contribution in [1.29, 1.82) is 0 Å². The largest absolute Gasteiger partial charge is 0.756 e. The summed E-state index contributed by atoms with van der Waals surface area (Å²) in [6.45, 7) is 4.61. The highest BCUT2D eigenvalue weighted by Crippen LogP contribution is 2.38. The highest BCUT2D eigenvalue weighted by Gasteiger charge is 2.24. The van der Waals surface area contributed by atoms with E-state index >= 15 is 0 Å². The fourth-order valence-corrected chi connectivity index (χ4v) is 11.3. The zero-order valence-corrected chi connectivity index (χ0v) is 59.0.